The molecule has 0 nitrogen and oxygen atoms in total. The molecule has 34 heavy (non-hydrogen) atoms. The fourth-order valence-corrected chi connectivity index (χ4v) is 4.14. The van der Waals surface area contributed by atoms with Crippen LogP contribution in [0.2, 0.25) is 0 Å². The van der Waals surface area contributed by atoms with E-state index >= 15 is 0 Å². The van der Waals surface area contributed by atoms with Gasteiger partial charge in [0.05, 0.1) is 0 Å². The van der Waals surface area contributed by atoms with Crippen LogP contribution in [0.1, 0.15) is 22.3 Å². The Bertz CT molecular complexity index is 1150. The molecule has 0 atom stereocenters. The molecule has 0 aromatic heterocycles. The van der Waals surface area contributed by atoms with E-state index in [0.29, 0.717) is 0 Å². The maximum Gasteiger partial charge on any atom is -1.00 e. The van der Waals surface area contributed by atoms with Gasteiger partial charge in [0.2, 0.25) is 0 Å². The van der Waals surface area contributed by atoms with E-state index in [-0.39, 0.29) is 24.8 Å². The van der Waals surface area contributed by atoms with Crippen molar-refractivity contribution in [2.24, 2.45) is 0 Å². The van der Waals surface area contributed by atoms with Gasteiger partial charge in [-0.2, -0.15) is 11.1 Å². The smallest absolute Gasteiger partial charge is 1.00 e. The predicted molar refractivity (Wildman–Crippen MR) is 134 cm³/mol. The van der Waals surface area contributed by atoms with Crippen LogP contribution in [0.4, 0.5) is 0 Å². The van der Waals surface area contributed by atoms with Crippen LogP contribution < -0.4 is 24.8 Å². The summed E-state index contributed by atoms with van der Waals surface area (Å²) in [5, 5.41) is 0. The van der Waals surface area contributed by atoms with Crippen LogP contribution in [0.3, 0.4) is 0 Å². The van der Waals surface area contributed by atoms with Gasteiger partial charge in [-0.1, -0.05) is 108 Å². The van der Waals surface area contributed by atoms with Gasteiger partial charge < -0.3 is 24.8 Å². The van der Waals surface area contributed by atoms with Gasteiger partial charge in [0.1, 0.15) is 0 Å². The molecule has 0 saturated heterocycles. The van der Waals surface area contributed by atoms with Gasteiger partial charge in [-0.05, 0) is 11.1 Å². The van der Waals surface area contributed by atoms with Crippen LogP contribution in [0.5, 0.6) is 0 Å². The zero-order valence-electron chi connectivity index (χ0n) is 18.8. The Labute approximate surface area is 230 Å². The number of rotatable bonds is 2. The largest absolute Gasteiger partial charge is 1.00 e. The maximum absolute atomic E-state index is 3.34. The summed E-state index contributed by atoms with van der Waals surface area (Å²) in [7, 11) is 0. The van der Waals surface area contributed by atoms with Crippen molar-refractivity contribution >= 4 is 16.4 Å². The first-order chi connectivity index (χ1) is 15.9. The molecule has 0 radical (unpaired) electrons. The Morgan fingerprint density at radius 2 is 0.882 bits per heavy atom. The first kappa shape index (κ1) is 27.9. The molecule has 0 aliphatic heterocycles. The van der Waals surface area contributed by atoms with Crippen molar-refractivity contribution in [2.75, 3.05) is 0 Å². The Morgan fingerprint density at radius 1 is 0.500 bits per heavy atom. The molecule has 168 valence electrons. The minimum absolute atomic E-state index is 0. The zero-order chi connectivity index (χ0) is 22.2. The van der Waals surface area contributed by atoms with E-state index < -0.39 is 0 Å². The van der Waals surface area contributed by atoms with Crippen LogP contribution in [0.15, 0.2) is 97.1 Å². The van der Waals surface area contributed by atoms with Crippen molar-refractivity contribution in [2.45, 2.75) is 12.8 Å². The van der Waals surface area contributed by atoms with Crippen molar-refractivity contribution in [1.82, 2.24) is 0 Å². The summed E-state index contributed by atoms with van der Waals surface area (Å²) in [6, 6.07) is 34.0. The second-order valence-electron chi connectivity index (χ2n) is 7.54. The number of hydrogen-bond acceptors (Lipinski definition) is 0. The topological polar surface area (TPSA) is 0 Å². The van der Waals surface area contributed by atoms with E-state index in [0.717, 1.165) is 12.8 Å². The average Bonchev–Trinajstić information content (AvgIpc) is 3.56. The minimum atomic E-state index is 0. The summed E-state index contributed by atoms with van der Waals surface area (Å²) in [5.74, 6) is 0. The molecule has 0 saturated carbocycles. The number of halogens is 2. The van der Waals surface area contributed by atoms with Crippen LogP contribution >= 0.6 is 0 Å². The molecule has 2 aliphatic rings. The normalized spacial score (nSPS) is 11.5. The van der Waals surface area contributed by atoms with E-state index in [9.17, 15) is 0 Å². The van der Waals surface area contributed by atoms with Crippen molar-refractivity contribution < 1.29 is 49.0 Å². The van der Waals surface area contributed by atoms with Crippen LogP contribution in [0, 0.1) is 12.2 Å². The number of allylic oxidation sites excluding steroid dienone is 2. The summed E-state index contributed by atoms with van der Waals surface area (Å²) in [4.78, 5) is 0. The van der Waals surface area contributed by atoms with Crippen LogP contribution in [0.25, 0.3) is 34.4 Å². The first-order valence-corrected chi connectivity index (χ1v) is 12.5. The molecular weight excluding hydrogens is 534 g/mol. The molecule has 0 N–H and O–H groups in total. The molecule has 4 aromatic carbocycles. The Balaban J connectivity index is 0.000000212. The van der Waals surface area contributed by atoms with E-state index in [4.69, 9.17) is 0 Å². The molecular formula is C31H24Cl2Zr-2. The maximum atomic E-state index is 3.34. The SMILES string of the molecule is [C-]1=Cc2c(cccc2-c2ccccc2)C1.[C-]1=Cc2c(cccc2-c2ccccc2)C1.[CH2]=[Zr+2].[Cl-].[Cl-]. The van der Waals surface area contributed by atoms with Gasteiger partial charge in [0.15, 0.2) is 0 Å². The summed E-state index contributed by atoms with van der Waals surface area (Å²) >= 11 is 1.30. The van der Waals surface area contributed by atoms with Crippen molar-refractivity contribution in [3.63, 3.8) is 0 Å². The number of fused-ring (bicyclic) bond motifs is 2. The fourth-order valence-electron chi connectivity index (χ4n) is 4.14. The molecule has 2 aliphatic carbocycles. The van der Waals surface area contributed by atoms with Gasteiger partial charge in [-0.25, -0.2) is 12.2 Å². The monoisotopic (exact) mass is 556 g/mol. The van der Waals surface area contributed by atoms with Gasteiger partial charge in [0.25, 0.3) is 0 Å². The molecule has 0 unspecified atom stereocenters. The van der Waals surface area contributed by atoms with E-state index in [1.807, 2.05) is 0 Å². The van der Waals surface area contributed by atoms with Crippen molar-refractivity contribution in [3.05, 3.63) is 131 Å². The van der Waals surface area contributed by atoms with Gasteiger partial charge >= 0.3 is 28.4 Å². The van der Waals surface area contributed by atoms with E-state index in [1.54, 1.807) is 0 Å². The summed E-state index contributed by atoms with van der Waals surface area (Å²) in [5.41, 5.74) is 10.7. The Hall–Kier alpha value is -2.31. The molecule has 0 amide bonds. The van der Waals surface area contributed by atoms with Gasteiger partial charge in [-0.3, -0.25) is 12.2 Å². The third kappa shape index (κ3) is 6.42. The Kier molecular flexibility index (Phi) is 11.6. The second kappa shape index (κ2) is 14.2. The van der Waals surface area contributed by atoms with Crippen LogP contribution in [-0.2, 0) is 37.1 Å². The summed E-state index contributed by atoms with van der Waals surface area (Å²) in [6.45, 7) is 0. The standard InChI is InChI=1S/2C15H11.CH2.2ClH.Zr/c2*1-2-6-12(7-3-1)14-10-4-8-13-9-5-11-15(13)14;;;;/h2*1-4,6-8,10-11H,9H2;1H2;2*1H;/q2*-1;;;;+2/p-2. The van der Waals surface area contributed by atoms with E-state index in [1.165, 1.54) is 68.7 Å². The molecule has 0 spiro atoms. The molecule has 4 aromatic rings. The molecule has 0 bridgehead atoms. The predicted octanol–water partition coefficient (Wildman–Crippen LogP) is 1.43. The Morgan fingerprint density at radius 3 is 1.26 bits per heavy atom. The quantitative estimate of drug-likeness (QED) is 0.327. The second-order valence-corrected chi connectivity index (χ2v) is 7.54. The molecule has 0 fully saturated rings. The van der Waals surface area contributed by atoms with E-state index in [2.05, 4.69) is 126 Å². The van der Waals surface area contributed by atoms with Crippen LogP contribution in [-0.4, -0.2) is 4.21 Å². The molecule has 3 heteroatoms. The first-order valence-electron chi connectivity index (χ1n) is 10.7. The van der Waals surface area contributed by atoms with Gasteiger partial charge in [-0.15, -0.1) is 24.0 Å². The summed E-state index contributed by atoms with van der Waals surface area (Å²) < 4.78 is 3.34. The average molecular weight is 559 g/mol. The third-order valence-corrected chi connectivity index (χ3v) is 5.64. The fraction of sp³-hybridized carbons (Fsp3) is 0.0645. The summed E-state index contributed by atoms with van der Waals surface area (Å²) in [6.07, 6.45) is 12.7. The molecule has 6 rings (SSSR count). The zero-order valence-corrected chi connectivity index (χ0v) is 22.7. The third-order valence-electron chi connectivity index (χ3n) is 5.64. The number of benzene rings is 4. The van der Waals surface area contributed by atoms with Gasteiger partial charge in [0, 0.05) is 0 Å². The minimum Gasteiger partial charge on any atom is -1.00 e. The van der Waals surface area contributed by atoms with Crippen molar-refractivity contribution in [1.29, 1.82) is 0 Å². The molecule has 0 heterocycles. The number of hydrogen-bond donors (Lipinski definition) is 0. The van der Waals surface area contributed by atoms with Crippen molar-refractivity contribution in [3.8, 4) is 22.3 Å².